The summed E-state index contributed by atoms with van der Waals surface area (Å²) in [5, 5.41) is 3.36. The molecule has 0 aliphatic carbocycles. The first kappa shape index (κ1) is 15.0. The lowest BCUT2D eigenvalue weighted by Gasteiger charge is -2.22. The van der Waals surface area contributed by atoms with Crippen molar-refractivity contribution in [2.75, 3.05) is 39.1 Å². The van der Waals surface area contributed by atoms with E-state index in [1.165, 1.54) is 0 Å². The Bertz CT molecular complexity index is 337. The lowest BCUT2D eigenvalue weighted by Crippen LogP contribution is -2.35. The van der Waals surface area contributed by atoms with Crippen molar-refractivity contribution in [1.29, 1.82) is 0 Å². The summed E-state index contributed by atoms with van der Waals surface area (Å²) in [7, 11) is 3.85. The SMILES string of the molecule is CCN(C)CC(CNc1nccn1C(C)C)OC. The number of nitrogens with zero attached hydrogens (tertiary/aromatic N) is 3. The van der Waals surface area contributed by atoms with E-state index in [0.29, 0.717) is 6.04 Å². The lowest BCUT2D eigenvalue weighted by molar-refractivity contribution is 0.0826. The molecule has 0 aliphatic rings. The van der Waals surface area contributed by atoms with Gasteiger partial charge in [-0.1, -0.05) is 6.92 Å². The topological polar surface area (TPSA) is 42.3 Å². The molecular weight excluding hydrogens is 228 g/mol. The van der Waals surface area contributed by atoms with Crippen LogP contribution in [0.1, 0.15) is 26.8 Å². The van der Waals surface area contributed by atoms with E-state index in [1.54, 1.807) is 7.11 Å². The zero-order valence-electron chi connectivity index (χ0n) is 12.2. The van der Waals surface area contributed by atoms with Crippen molar-refractivity contribution in [1.82, 2.24) is 14.5 Å². The van der Waals surface area contributed by atoms with E-state index in [0.717, 1.165) is 25.6 Å². The van der Waals surface area contributed by atoms with Crippen LogP contribution in [0.3, 0.4) is 0 Å². The largest absolute Gasteiger partial charge is 0.378 e. The average molecular weight is 254 g/mol. The molecule has 1 rings (SSSR count). The van der Waals surface area contributed by atoms with E-state index < -0.39 is 0 Å². The zero-order chi connectivity index (χ0) is 13.5. The van der Waals surface area contributed by atoms with Crippen LogP contribution in [0.4, 0.5) is 5.95 Å². The number of nitrogens with one attached hydrogen (secondary N) is 1. The van der Waals surface area contributed by atoms with Crippen molar-refractivity contribution in [2.45, 2.75) is 32.9 Å². The minimum absolute atomic E-state index is 0.173. The first-order valence-electron chi connectivity index (χ1n) is 6.56. The molecule has 1 aromatic heterocycles. The highest BCUT2D eigenvalue weighted by Gasteiger charge is 2.12. The van der Waals surface area contributed by atoms with Crippen molar-refractivity contribution in [2.24, 2.45) is 0 Å². The van der Waals surface area contributed by atoms with Crippen LogP contribution >= 0.6 is 0 Å². The van der Waals surface area contributed by atoms with Gasteiger partial charge in [-0.15, -0.1) is 0 Å². The van der Waals surface area contributed by atoms with Gasteiger partial charge in [0.25, 0.3) is 0 Å². The fourth-order valence-electron chi connectivity index (χ4n) is 1.77. The summed E-state index contributed by atoms with van der Waals surface area (Å²) in [6, 6.07) is 0.411. The molecule has 18 heavy (non-hydrogen) atoms. The summed E-state index contributed by atoms with van der Waals surface area (Å²) in [6.45, 7) is 9.15. The predicted octanol–water partition coefficient (Wildman–Crippen LogP) is 1.84. The number of anilines is 1. The second kappa shape index (κ2) is 7.38. The van der Waals surface area contributed by atoms with Gasteiger partial charge in [-0.05, 0) is 27.4 Å². The number of imidazole rings is 1. The minimum atomic E-state index is 0.173. The highest BCUT2D eigenvalue weighted by molar-refractivity contribution is 5.26. The van der Waals surface area contributed by atoms with Crippen molar-refractivity contribution in [3.05, 3.63) is 12.4 Å². The minimum Gasteiger partial charge on any atom is -0.378 e. The van der Waals surface area contributed by atoms with Crippen molar-refractivity contribution in [3.8, 4) is 0 Å². The summed E-state index contributed by atoms with van der Waals surface area (Å²) in [6.07, 6.45) is 3.99. The molecule has 1 N–H and O–H groups in total. The molecule has 1 heterocycles. The van der Waals surface area contributed by atoms with Gasteiger partial charge in [0.05, 0.1) is 6.10 Å². The van der Waals surface area contributed by atoms with Gasteiger partial charge in [0, 0.05) is 38.6 Å². The molecule has 0 saturated carbocycles. The van der Waals surface area contributed by atoms with Crippen molar-refractivity contribution < 1.29 is 4.74 Å². The molecule has 0 aliphatic heterocycles. The molecular formula is C13H26N4O. The molecule has 0 saturated heterocycles. The third-order valence-corrected chi connectivity index (χ3v) is 3.10. The number of ether oxygens (including phenoxy) is 1. The Balaban J connectivity index is 2.49. The average Bonchev–Trinajstić information content (AvgIpc) is 2.82. The molecule has 0 fully saturated rings. The molecule has 1 atom stereocenters. The van der Waals surface area contributed by atoms with Gasteiger partial charge in [0.2, 0.25) is 5.95 Å². The Labute approximate surface area is 110 Å². The molecule has 0 bridgehead atoms. The molecule has 0 spiro atoms. The van der Waals surface area contributed by atoms with E-state index in [-0.39, 0.29) is 6.10 Å². The van der Waals surface area contributed by atoms with Gasteiger partial charge in [0.15, 0.2) is 0 Å². The van der Waals surface area contributed by atoms with Gasteiger partial charge in [-0.2, -0.15) is 0 Å². The monoisotopic (exact) mass is 254 g/mol. The van der Waals surface area contributed by atoms with Crippen LogP contribution in [-0.4, -0.2) is 54.3 Å². The Hall–Kier alpha value is -1.07. The van der Waals surface area contributed by atoms with Crippen LogP contribution in [0.5, 0.6) is 0 Å². The number of hydrogen-bond acceptors (Lipinski definition) is 4. The second-order valence-corrected chi connectivity index (χ2v) is 4.85. The number of hydrogen-bond donors (Lipinski definition) is 1. The highest BCUT2D eigenvalue weighted by atomic mass is 16.5. The van der Waals surface area contributed by atoms with Gasteiger partial charge < -0.3 is 19.5 Å². The van der Waals surface area contributed by atoms with E-state index in [9.17, 15) is 0 Å². The van der Waals surface area contributed by atoms with Crippen molar-refractivity contribution in [3.63, 3.8) is 0 Å². The summed E-state index contributed by atoms with van der Waals surface area (Å²) in [5.41, 5.74) is 0. The molecule has 5 nitrogen and oxygen atoms in total. The van der Waals surface area contributed by atoms with Gasteiger partial charge in [-0.25, -0.2) is 4.98 Å². The van der Waals surface area contributed by atoms with Crippen LogP contribution < -0.4 is 5.32 Å². The van der Waals surface area contributed by atoms with E-state index >= 15 is 0 Å². The standard InChI is InChI=1S/C13H26N4O/c1-6-16(4)10-12(18-5)9-15-13-14-7-8-17(13)11(2)3/h7-8,11-12H,6,9-10H2,1-5H3,(H,14,15). The smallest absolute Gasteiger partial charge is 0.203 e. The zero-order valence-corrected chi connectivity index (χ0v) is 12.2. The molecule has 5 heteroatoms. The Kier molecular flexibility index (Phi) is 6.15. The fourth-order valence-corrected chi connectivity index (χ4v) is 1.77. The van der Waals surface area contributed by atoms with Crippen LogP contribution in [-0.2, 0) is 4.74 Å². The van der Waals surface area contributed by atoms with Gasteiger partial charge >= 0.3 is 0 Å². The number of aromatic nitrogens is 2. The summed E-state index contributed by atoms with van der Waals surface area (Å²) < 4.78 is 7.60. The molecule has 1 unspecified atom stereocenters. The van der Waals surface area contributed by atoms with E-state index in [1.807, 2.05) is 12.4 Å². The normalized spacial score (nSPS) is 13.3. The van der Waals surface area contributed by atoms with Crippen LogP contribution in [0.2, 0.25) is 0 Å². The molecule has 0 amide bonds. The van der Waals surface area contributed by atoms with Crippen LogP contribution in [0, 0.1) is 0 Å². The summed E-state index contributed by atoms with van der Waals surface area (Å²) in [5.74, 6) is 0.909. The Morgan fingerprint density at radius 2 is 2.22 bits per heavy atom. The Morgan fingerprint density at radius 3 is 2.78 bits per heavy atom. The molecule has 104 valence electrons. The van der Waals surface area contributed by atoms with E-state index in [2.05, 4.69) is 47.6 Å². The molecule has 0 aromatic carbocycles. The van der Waals surface area contributed by atoms with E-state index in [4.69, 9.17) is 4.74 Å². The maximum absolute atomic E-state index is 5.48. The first-order chi connectivity index (χ1) is 8.58. The predicted molar refractivity (Wildman–Crippen MR) is 75.1 cm³/mol. The number of likely N-dealkylation sites (N-methyl/N-ethyl adjacent to an activating group) is 1. The van der Waals surface area contributed by atoms with Crippen molar-refractivity contribution >= 4 is 5.95 Å². The number of rotatable bonds is 8. The Morgan fingerprint density at radius 1 is 1.50 bits per heavy atom. The maximum Gasteiger partial charge on any atom is 0.203 e. The fraction of sp³-hybridized carbons (Fsp3) is 0.769. The quantitative estimate of drug-likeness (QED) is 0.768. The third-order valence-electron chi connectivity index (χ3n) is 3.10. The maximum atomic E-state index is 5.48. The number of methoxy groups -OCH3 is 1. The highest BCUT2D eigenvalue weighted by Crippen LogP contribution is 2.12. The summed E-state index contributed by atoms with van der Waals surface area (Å²) in [4.78, 5) is 6.57. The third kappa shape index (κ3) is 4.31. The van der Waals surface area contributed by atoms with Crippen LogP contribution in [0.25, 0.3) is 0 Å². The lowest BCUT2D eigenvalue weighted by atomic mass is 10.3. The first-order valence-corrected chi connectivity index (χ1v) is 6.56. The van der Waals surface area contributed by atoms with Gasteiger partial charge in [0.1, 0.15) is 0 Å². The van der Waals surface area contributed by atoms with Crippen LogP contribution in [0.15, 0.2) is 12.4 Å². The molecule has 1 aromatic rings. The molecule has 0 radical (unpaired) electrons. The second-order valence-electron chi connectivity index (χ2n) is 4.85. The summed E-state index contributed by atoms with van der Waals surface area (Å²) >= 11 is 0. The van der Waals surface area contributed by atoms with Gasteiger partial charge in [-0.3, -0.25) is 0 Å².